The number of hydrogen-bond acceptors (Lipinski definition) is 4. The Morgan fingerprint density at radius 1 is 1.04 bits per heavy atom. The first kappa shape index (κ1) is 19.2. The van der Waals surface area contributed by atoms with Crippen LogP contribution in [-0.2, 0) is 15.8 Å². The third-order valence-electron chi connectivity index (χ3n) is 3.09. The zero-order chi connectivity index (χ0) is 19.5. The largest absolute Gasteiger partial charge is 0.418 e. The molecule has 2 rings (SSSR count). The molecule has 2 aromatic rings. The van der Waals surface area contributed by atoms with Gasteiger partial charge in [0, 0.05) is 11.8 Å². The van der Waals surface area contributed by atoms with Crippen molar-refractivity contribution in [2.75, 3.05) is 10.6 Å². The number of amides is 2. The molecule has 0 aromatic heterocycles. The monoisotopic (exact) mass is 387 g/mol. The Morgan fingerprint density at radius 3 is 2.27 bits per heavy atom. The van der Waals surface area contributed by atoms with Crippen LogP contribution in [0.15, 0.2) is 42.5 Å². The lowest BCUT2D eigenvalue weighted by Crippen LogP contribution is -2.30. The van der Waals surface area contributed by atoms with Crippen molar-refractivity contribution in [3.63, 3.8) is 0 Å². The summed E-state index contributed by atoms with van der Waals surface area (Å²) < 4.78 is 38.6. The number of nitrogens with zero attached hydrogens (tertiary/aromatic N) is 1. The molecular formula is C15H9ClF3N3O4. The second-order valence-electron chi connectivity index (χ2n) is 4.87. The smallest absolute Gasteiger partial charge is 0.318 e. The minimum absolute atomic E-state index is 0.120. The van der Waals surface area contributed by atoms with E-state index in [0.717, 1.165) is 30.3 Å². The Hall–Kier alpha value is -3.14. The maximum Gasteiger partial charge on any atom is 0.418 e. The van der Waals surface area contributed by atoms with Gasteiger partial charge < -0.3 is 10.6 Å². The summed E-state index contributed by atoms with van der Waals surface area (Å²) in [6.07, 6.45) is -4.73. The molecular weight excluding hydrogens is 379 g/mol. The second kappa shape index (κ2) is 7.40. The highest BCUT2D eigenvalue weighted by Gasteiger charge is 2.34. The second-order valence-corrected chi connectivity index (χ2v) is 5.28. The number of carbonyl (C=O) groups excluding carboxylic acids is 2. The number of halogens is 4. The molecule has 26 heavy (non-hydrogen) atoms. The van der Waals surface area contributed by atoms with Crippen LogP contribution < -0.4 is 10.6 Å². The fourth-order valence-corrected chi connectivity index (χ4v) is 2.12. The number of para-hydroxylation sites is 1. The highest BCUT2D eigenvalue weighted by atomic mass is 35.5. The van der Waals surface area contributed by atoms with E-state index in [2.05, 4.69) is 0 Å². The molecule has 136 valence electrons. The average Bonchev–Trinajstić information content (AvgIpc) is 2.55. The minimum atomic E-state index is -4.73. The van der Waals surface area contributed by atoms with Gasteiger partial charge in [-0.15, -0.1) is 0 Å². The first-order valence-electron chi connectivity index (χ1n) is 6.82. The first-order chi connectivity index (χ1) is 12.1. The fourth-order valence-electron chi connectivity index (χ4n) is 1.94. The standard InChI is InChI=1S/C15H9ClF3N3O4/c16-10-6-5-8(7-12(10)22(25)26)20-13(23)14(24)21-11-4-2-1-3-9(11)15(17,18)19/h1-7H,(H,20,23)(H,21,24). The maximum absolute atomic E-state index is 12.9. The lowest BCUT2D eigenvalue weighted by atomic mass is 10.1. The van der Waals surface area contributed by atoms with Gasteiger partial charge in [-0.1, -0.05) is 23.7 Å². The van der Waals surface area contributed by atoms with Gasteiger partial charge in [-0.05, 0) is 24.3 Å². The zero-order valence-electron chi connectivity index (χ0n) is 12.6. The van der Waals surface area contributed by atoms with Gasteiger partial charge >= 0.3 is 18.0 Å². The van der Waals surface area contributed by atoms with E-state index in [0.29, 0.717) is 0 Å². The van der Waals surface area contributed by atoms with Gasteiger partial charge in [0.1, 0.15) is 5.02 Å². The molecule has 2 amide bonds. The minimum Gasteiger partial charge on any atom is -0.318 e. The van der Waals surface area contributed by atoms with Crippen molar-refractivity contribution < 1.29 is 27.7 Å². The van der Waals surface area contributed by atoms with Crippen LogP contribution in [0.4, 0.5) is 30.2 Å². The summed E-state index contributed by atoms with van der Waals surface area (Å²) in [5.74, 6) is -2.68. The molecule has 0 aliphatic carbocycles. The predicted molar refractivity (Wildman–Crippen MR) is 86.8 cm³/mol. The molecule has 2 N–H and O–H groups in total. The molecule has 0 heterocycles. The lowest BCUT2D eigenvalue weighted by molar-refractivity contribution is -0.384. The van der Waals surface area contributed by atoms with Gasteiger partial charge in [-0.3, -0.25) is 19.7 Å². The van der Waals surface area contributed by atoms with Crippen LogP contribution in [0, 0.1) is 10.1 Å². The maximum atomic E-state index is 12.9. The van der Waals surface area contributed by atoms with Gasteiger partial charge in [-0.25, -0.2) is 0 Å². The number of nitro groups is 1. The van der Waals surface area contributed by atoms with Crippen molar-refractivity contribution in [3.05, 3.63) is 63.2 Å². The number of hydrogen-bond donors (Lipinski definition) is 2. The topological polar surface area (TPSA) is 101 Å². The highest BCUT2D eigenvalue weighted by molar-refractivity contribution is 6.43. The molecule has 0 atom stereocenters. The van der Waals surface area contributed by atoms with Crippen molar-refractivity contribution in [2.24, 2.45) is 0 Å². The van der Waals surface area contributed by atoms with E-state index in [1.54, 1.807) is 0 Å². The van der Waals surface area contributed by atoms with Crippen LogP contribution in [-0.4, -0.2) is 16.7 Å². The van der Waals surface area contributed by atoms with Crippen molar-refractivity contribution in [1.82, 2.24) is 0 Å². The molecule has 7 nitrogen and oxygen atoms in total. The fraction of sp³-hybridized carbons (Fsp3) is 0.0667. The van der Waals surface area contributed by atoms with E-state index >= 15 is 0 Å². The van der Waals surface area contributed by atoms with Crippen molar-refractivity contribution in [2.45, 2.75) is 6.18 Å². The summed E-state index contributed by atoms with van der Waals surface area (Å²) in [4.78, 5) is 33.7. The molecule has 0 saturated heterocycles. The van der Waals surface area contributed by atoms with Gasteiger partial charge in [0.25, 0.3) is 5.69 Å². The van der Waals surface area contributed by atoms with E-state index in [9.17, 15) is 32.9 Å². The Morgan fingerprint density at radius 2 is 1.65 bits per heavy atom. The summed E-state index contributed by atoms with van der Waals surface area (Å²) in [6, 6.07) is 7.36. The number of rotatable bonds is 3. The lowest BCUT2D eigenvalue weighted by Gasteiger charge is -2.13. The van der Waals surface area contributed by atoms with E-state index in [1.807, 2.05) is 10.6 Å². The SMILES string of the molecule is O=C(Nc1ccc(Cl)c([N+](=O)[O-])c1)C(=O)Nc1ccccc1C(F)(F)F. The van der Waals surface area contributed by atoms with Gasteiger partial charge in [-0.2, -0.15) is 13.2 Å². The normalized spacial score (nSPS) is 10.9. The van der Waals surface area contributed by atoms with E-state index in [1.165, 1.54) is 12.1 Å². The quantitative estimate of drug-likeness (QED) is 0.474. The number of alkyl halides is 3. The summed E-state index contributed by atoms with van der Waals surface area (Å²) >= 11 is 5.62. The first-order valence-corrected chi connectivity index (χ1v) is 7.20. The highest BCUT2D eigenvalue weighted by Crippen LogP contribution is 2.34. The van der Waals surface area contributed by atoms with Crippen molar-refractivity contribution in [1.29, 1.82) is 0 Å². The van der Waals surface area contributed by atoms with Crippen LogP contribution >= 0.6 is 11.6 Å². The number of carbonyl (C=O) groups is 2. The Balaban J connectivity index is 2.16. The number of nitro benzene ring substituents is 1. The van der Waals surface area contributed by atoms with Crippen LogP contribution in [0.2, 0.25) is 5.02 Å². The third kappa shape index (κ3) is 4.48. The molecule has 0 spiro atoms. The molecule has 0 saturated carbocycles. The molecule has 0 fully saturated rings. The van der Waals surface area contributed by atoms with Crippen LogP contribution in [0.1, 0.15) is 5.56 Å². The summed E-state index contributed by atoms with van der Waals surface area (Å²) in [5.41, 5.74) is -2.34. The van der Waals surface area contributed by atoms with Crippen LogP contribution in [0.3, 0.4) is 0 Å². The predicted octanol–water partition coefficient (Wildman–Crippen LogP) is 3.84. The van der Waals surface area contributed by atoms with Gasteiger partial charge in [0.2, 0.25) is 0 Å². The van der Waals surface area contributed by atoms with Gasteiger partial charge in [0.15, 0.2) is 0 Å². The summed E-state index contributed by atoms with van der Waals surface area (Å²) in [6.45, 7) is 0. The third-order valence-corrected chi connectivity index (χ3v) is 3.41. The van der Waals surface area contributed by atoms with E-state index in [-0.39, 0.29) is 10.7 Å². The Labute approximate surface area is 148 Å². The van der Waals surface area contributed by atoms with Crippen LogP contribution in [0.25, 0.3) is 0 Å². The van der Waals surface area contributed by atoms with Crippen molar-refractivity contribution >= 4 is 40.5 Å². The van der Waals surface area contributed by atoms with Crippen LogP contribution in [0.5, 0.6) is 0 Å². The molecule has 2 aromatic carbocycles. The van der Waals surface area contributed by atoms with E-state index < -0.39 is 39.9 Å². The van der Waals surface area contributed by atoms with Crippen molar-refractivity contribution in [3.8, 4) is 0 Å². The molecule has 0 aliphatic rings. The molecule has 0 radical (unpaired) electrons. The summed E-state index contributed by atoms with van der Waals surface area (Å²) in [7, 11) is 0. The summed E-state index contributed by atoms with van der Waals surface area (Å²) in [5, 5.41) is 14.5. The number of benzene rings is 2. The zero-order valence-corrected chi connectivity index (χ0v) is 13.4. The molecule has 0 aliphatic heterocycles. The number of nitrogens with one attached hydrogen (secondary N) is 2. The molecule has 0 unspecified atom stereocenters. The van der Waals surface area contributed by atoms with E-state index in [4.69, 9.17) is 11.6 Å². The Kier molecular flexibility index (Phi) is 5.46. The average molecular weight is 388 g/mol. The number of anilines is 2. The molecule has 0 bridgehead atoms. The molecule has 11 heteroatoms. The van der Waals surface area contributed by atoms with Gasteiger partial charge in [0.05, 0.1) is 16.2 Å². The Bertz CT molecular complexity index is 887.